The minimum Gasteiger partial charge on any atom is -0.361 e. The maximum Gasteiger partial charge on any atom is 0.254 e. The van der Waals surface area contributed by atoms with Crippen molar-refractivity contribution < 1.29 is 9.59 Å². The highest BCUT2D eigenvalue weighted by molar-refractivity contribution is 6.02. The van der Waals surface area contributed by atoms with Crippen molar-refractivity contribution in [2.45, 2.75) is 24.9 Å². The van der Waals surface area contributed by atoms with Crippen molar-refractivity contribution in [2.24, 2.45) is 0 Å². The molecule has 0 spiro atoms. The summed E-state index contributed by atoms with van der Waals surface area (Å²) in [6, 6.07) is 23.7. The molecule has 0 saturated carbocycles. The lowest BCUT2D eigenvalue weighted by Gasteiger charge is -2.39. The number of likely N-dealkylation sites (N-methyl/N-ethyl adjacent to an activating group) is 1. The van der Waals surface area contributed by atoms with Crippen molar-refractivity contribution in [3.8, 4) is 0 Å². The molecular formula is C30H30N4O2. The average Bonchev–Trinajstić information content (AvgIpc) is 3.34. The number of nitrogens with zero attached hydrogens (tertiary/aromatic N) is 2. The van der Waals surface area contributed by atoms with Crippen molar-refractivity contribution in [3.63, 3.8) is 0 Å². The van der Waals surface area contributed by atoms with Crippen LogP contribution in [0.5, 0.6) is 0 Å². The summed E-state index contributed by atoms with van der Waals surface area (Å²) in [6.45, 7) is 3.26. The zero-order valence-corrected chi connectivity index (χ0v) is 20.4. The van der Waals surface area contributed by atoms with Gasteiger partial charge in [-0.05, 0) is 35.2 Å². The number of para-hydroxylation sites is 1. The van der Waals surface area contributed by atoms with E-state index < -0.39 is 12.0 Å². The van der Waals surface area contributed by atoms with Gasteiger partial charge in [-0.25, -0.2) is 0 Å². The SMILES string of the molecule is CN1C(=O)c2ccccc2C(C(=O)NCCN2CCc3ccccc3C2)C1c1c[nH]c2ccccc12. The Morgan fingerprint density at radius 2 is 1.72 bits per heavy atom. The molecule has 2 unspecified atom stereocenters. The van der Waals surface area contributed by atoms with E-state index in [0.717, 1.165) is 48.1 Å². The van der Waals surface area contributed by atoms with Gasteiger partial charge in [0.2, 0.25) is 5.91 Å². The topological polar surface area (TPSA) is 68.4 Å². The molecule has 6 rings (SSSR count). The van der Waals surface area contributed by atoms with Crippen LogP contribution in [0.1, 0.15) is 44.6 Å². The van der Waals surface area contributed by atoms with E-state index >= 15 is 0 Å². The molecule has 3 heterocycles. The molecule has 2 atom stereocenters. The summed E-state index contributed by atoms with van der Waals surface area (Å²) in [5.41, 5.74) is 6.14. The lowest BCUT2D eigenvalue weighted by Crippen LogP contribution is -2.46. The van der Waals surface area contributed by atoms with Gasteiger partial charge in [-0.2, -0.15) is 0 Å². The minimum atomic E-state index is -0.495. The third-order valence-corrected chi connectivity index (χ3v) is 7.74. The predicted octanol–water partition coefficient (Wildman–Crippen LogP) is 4.25. The van der Waals surface area contributed by atoms with Crippen LogP contribution in [0, 0.1) is 0 Å². The van der Waals surface area contributed by atoms with E-state index in [0.29, 0.717) is 12.1 Å². The maximum atomic E-state index is 13.8. The standard InChI is InChI=1S/C30H30N4O2/c1-33-28(25-18-32-26-13-7-6-10-22(25)26)27(23-11-4-5-12-24(23)30(33)36)29(35)31-15-17-34-16-14-20-8-2-3-9-21(20)19-34/h2-13,18,27-28,32H,14-17,19H2,1H3,(H,31,35). The van der Waals surface area contributed by atoms with E-state index in [1.165, 1.54) is 11.1 Å². The lowest BCUT2D eigenvalue weighted by molar-refractivity contribution is -0.124. The number of hydrogen-bond acceptors (Lipinski definition) is 3. The van der Waals surface area contributed by atoms with Crippen LogP contribution in [-0.2, 0) is 17.8 Å². The molecule has 0 radical (unpaired) electrons. The second-order valence-corrected chi connectivity index (χ2v) is 9.80. The first kappa shape index (κ1) is 22.6. The molecule has 6 heteroatoms. The Hall–Kier alpha value is -3.90. The molecule has 0 fully saturated rings. The maximum absolute atomic E-state index is 13.8. The average molecular weight is 479 g/mol. The Kier molecular flexibility index (Phi) is 5.82. The number of aromatic amines is 1. The number of carbonyl (C=O) groups excluding carboxylic acids is 2. The predicted molar refractivity (Wildman–Crippen MR) is 141 cm³/mol. The Morgan fingerprint density at radius 1 is 0.972 bits per heavy atom. The van der Waals surface area contributed by atoms with Gasteiger partial charge < -0.3 is 15.2 Å². The second-order valence-electron chi connectivity index (χ2n) is 9.80. The molecule has 2 aliphatic heterocycles. The van der Waals surface area contributed by atoms with Gasteiger partial charge >= 0.3 is 0 Å². The largest absolute Gasteiger partial charge is 0.361 e. The van der Waals surface area contributed by atoms with Crippen molar-refractivity contribution in [2.75, 3.05) is 26.7 Å². The van der Waals surface area contributed by atoms with Crippen LogP contribution >= 0.6 is 0 Å². The highest BCUT2D eigenvalue weighted by Gasteiger charge is 2.43. The highest BCUT2D eigenvalue weighted by Crippen LogP contribution is 2.44. The second kappa shape index (κ2) is 9.28. The number of fused-ring (bicyclic) bond motifs is 3. The Balaban J connectivity index is 1.26. The molecular weight excluding hydrogens is 448 g/mol. The van der Waals surface area contributed by atoms with E-state index in [1.54, 1.807) is 11.9 Å². The van der Waals surface area contributed by atoms with Crippen molar-refractivity contribution in [1.29, 1.82) is 0 Å². The van der Waals surface area contributed by atoms with Crippen LogP contribution in [0.2, 0.25) is 0 Å². The van der Waals surface area contributed by atoms with Crippen LogP contribution in [0.25, 0.3) is 10.9 Å². The van der Waals surface area contributed by atoms with Gasteiger partial charge in [0.25, 0.3) is 5.91 Å². The van der Waals surface area contributed by atoms with Crippen LogP contribution in [-0.4, -0.2) is 53.3 Å². The summed E-state index contributed by atoms with van der Waals surface area (Å²) in [5.74, 6) is -0.600. The van der Waals surface area contributed by atoms with E-state index in [9.17, 15) is 9.59 Å². The van der Waals surface area contributed by atoms with E-state index in [-0.39, 0.29) is 11.8 Å². The first-order valence-electron chi connectivity index (χ1n) is 12.6. The van der Waals surface area contributed by atoms with Crippen LogP contribution in [0.15, 0.2) is 79.0 Å². The molecule has 4 aromatic rings. The molecule has 36 heavy (non-hydrogen) atoms. The number of H-pyrrole nitrogens is 1. The zero-order chi connectivity index (χ0) is 24.6. The molecule has 1 aromatic heterocycles. The number of hydrogen-bond donors (Lipinski definition) is 2. The summed E-state index contributed by atoms with van der Waals surface area (Å²) >= 11 is 0. The number of carbonyl (C=O) groups is 2. The lowest BCUT2D eigenvalue weighted by atomic mass is 9.79. The molecule has 0 bridgehead atoms. The van der Waals surface area contributed by atoms with Gasteiger partial charge in [0.1, 0.15) is 0 Å². The molecule has 3 aromatic carbocycles. The fourth-order valence-electron chi connectivity index (χ4n) is 5.88. The van der Waals surface area contributed by atoms with Gasteiger partial charge in [-0.1, -0.05) is 60.7 Å². The van der Waals surface area contributed by atoms with Gasteiger partial charge in [-0.3, -0.25) is 14.5 Å². The van der Waals surface area contributed by atoms with Gasteiger partial charge in [0.15, 0.2) is 0 Å². The third kappa shape index (κ3) is 3.88. The number of aromatic nitrogens is 1. The van der Waals surface area contributed by atoms with Gasteiger partial charge in [-0.15, -0.1) is 0 Å². The molecule has 0 aliphatic carbocycles. The zero-order valence-electron chi connectivity index (χ0n) is 20.4. The molecule has 6 nitrogen and oxygen atoms in total. The van der Waals surface area contributed by atoms with Crippen LogP contribution in [0.3, 0.4) is 0 Å². The molecule has 2 N–H and O–H groups in total. The van der Waals surface area contributed by atoms with Crippen LogP contribution in [0.4, 0.5) is 0 Å². The summed E-state index contributed by atoms with van der Waals surface area (Å²) < 4.78 is 0. The van der Waals surface area contributed by atoms with Crippen LogP contribution < -0.4 is 5.32 Å². The molecule has 2 amide bonds. The van der Waals surface area contributed by atoms with E-state index in [4.69, 9.17) is 0 Å². The van der Waals surface area contributed by atoms with Gasteiger partial charge in [0.05, 0.1) is 12.0 Å². The molecule has 182 valence electrons. The number of rotatable bonds is 5. The smallest absolute Gasteiger partial charge is 0.254 e. The number of amides is 2. The quantitative estimate of drug-likeness (QED) is 0.451. The summed E-state index contributed by atoms with van der Waals surface area (Å²) in [5, 5.41) is 4.24. The third-order valence-electron chi connectivity index (χ3n) is 7.74. The Labute approximate surface area is 210 Å². The summed E-state index contributed by atoms with van der Waals surface area (Å²) in [6.07, 6.45) is 2.98. The number of benzene rings is 3. The van der Waals surface area contributed by atoms with Crippen molar-refractivity contribution in [1.82, 2.24) is 20.1 Å². The monoisotopic (exact) mass is 478 g/mol. The Morgan fingerprint density at radius 3 is 2.61 bits per heavy atom. The first-order chi connectivity index (χ1) is 17.6. The summed E-state index contributed by atoms with van der Waals surface area (Å²) in [4.78, 5) is 34.6. The van der Waals surface area contributed by atoms with Gasteiger partial charge in [0, 0.05) is 61.5 Å². The van der Waals surface area contributed by atoms with Crippen molar-refractivity contribution >= 4 is 22.7 Å². The normalized spacial score (nSPS) is 19.7. The highest BCUT2D eigenvalue weighted by atomic mass is 16.2. The number of nitrogens with one attached hydrogen (secondary N) is 2. The molecule has 0 saturated heterocycles. The molecule has 2 aliphatic rings. The Bertz CT molecular complexity index is 1440. The van der Waals surface area contributed by atoms with E-state index in [2.05, 4.69) is 39.5 Å². The van der Waals surface area contributed by atoms with E-state index in [1.807, 2.05) is 54.7 Å². The fraction of sp³-hybridized carbons (Fsp3) is 0.267. The minimum absolute atomic E-state index is 0.0468. The first-order valence-corrected chi connectivity index (χ1v) is 12.6. The fourth-order valence-corrected chi connectivity index (χ4v) is 5.88. The van der Waals surface area contributed by atoms with Crippen molar-refractivity contribution in [3.05, 3.63) is 107 Å². The summed E-state index contributed by atoms with van der Waals surface area (Å²) in [7, 11) is 1.80.